The molecule has 0 heterocycles. The van der Waals surface area contributed by atoms with Gasteiger partial charge in [-0.2, -0.15) is 5.26 Å². The van der Waals surface area contributed by atoms with Crippen LogP contribution >= 0.6 is 11.6 Å². The highest BCUT2D eigenvalue weighted by atomic mass is 35.5. The number of hydrogen-bond acceptors (Lipinski definition) is 2. The molecule has 1 N–H and O–H groups in total. The average Bonchev–Trinajstić information content (AvgIpc) is 2.14. The molecule has 1 amide bonds. The summed E-state index contributed by atoms with van der Waals surface area (Å²) in [5.74, 6) is -2.58. The Balaban J connectivity index is 2.89. The normalized spacial score (nSPS) is 9.47. The zero-order valence-electron chi connectivity index (χ0n) is 7.35. The molecule has 1 aromatic rings. The Labute approximate surface area is 89.3 Å². The lowest BCUT2D eigenvalue weighted by atomic mass is 10.3. The molecule has 15 heavy (non-hydrogen) atoms. The van der Waals surface area contributed by atoms with Crippen LogP contribution in [0.2, 0.25) is 5.02 Å². The number of benzene rings is 1. The molecule has 1 rings (SSSR count). The predicted molar refractivity (Wildman–Crippen MR) is 50.2 cm³/mol. The molecule has 0 atom stereocenters. The van der Waals surface area contributed by atoms with Crippen molar-refractivity contribution in [3.63, 3.8) is 0 Å². The number of carbonyl (C=O) groups is 1. The second kappa shape index (κ2) is 4.71. The summed E-state index contributed by atoms with van der Waals surface area (Å²) >= 11 is 5.23. The van der Waals surface area contributed by atoms with E-state index >= 15 is 0 Å². The van der Waals surface area contributed by atoms with Gasteiger partial charge < -0.3 is 5.32 Å². The third-order valence-electron chi connectivity index (χ3n) is 1.51. The number of amides is 1. The lowest BCUT2D eigenvalue weighted by Gasteiger charge is -2.04. The number of nitrogens with zero attached hydrogens (tertiary/aromatic N) is 1. The van der Waals surface area contributed by atoms with E-state index in [2.05, 4.69) is 5.32 Å². The molecule has 6 heteroatoms. The minimum Gasteiger partial charge on any atom is -0.325 e. The molecule has 0 saturated carbocycles. The molecule has 3 nitrogen and oxygen atoms in total. The van der Waals surface area contributed by atoms with Crippen LogP contribution in [0.15, 0.2) is 12.1 Å². The average molecular weight is 231 g/mol. The number of anilines is 1. The molecule has 0 saturated heterocycles. The molecule has 0 aromatic heterocycles. The fourth-order valence-corrected chi connectivity index (χ4v) is 1.01. The van der Waals surface area contributed by atoms with E-state index in [1.54, 1.807) is 6.07 Å². The first kappa shape index (κ1) is 11.4. The molecule has 0 spiro atoms. The van der Waals surface area contributed by atoms with Crippen molar-refractivity contribution in [1.29, 1.82) is 5.26 Å². The third kappa shape index (κ3) is 2.89. The molecule has 0 aliphatic carbocycles. The van der Waals surface area contributed by atoms with Gasteiger partial charge in [-0.05, 0) is 12.1 Å². The first-order valence-corrected chi connectivity index (χ1v) is 4.23. The highest BCUT2D eigenvalue weighted by molar-refractivity contribution is 6.31. The number of rotatable bonds is 2. The Hall–Kier alpha value is -1.67. The second-order valence-corrected chi connectivity index (χ2v) is 3.01. The van der Waals surface area contributed by atoms with Crippen molar-refractivity contribution in [1.82, 2.24) is 0 Å². The zero-order valence-corrected chi connectivity index (χ0v) is 8.11. The summed E-state index contributed by atoms with van der Waals surface area (Å²) in [7, 11) is 0. The van der Waals surface area contributed by atoms with Crippen LogP contribution in [0.3, 0.4) is 0 Å². The van der Waals surface area contributed by atoms with Gasteiger partial charge >= 0.3 is 0 Å². The van der Waals surface area contributed by atoms with E-state index < -0.39 is 22.6 Å². The van der Waals surface area contributed by atoms with Crippen LogP contribution in [0, 0.1) is 23.0 Å². The minimum atomic E-state index is -0.969. The van der Waals surface area contributed by atoms with Crippen LogP contribution in [-0.2, 0) is 4.79 Å². The van der Waals surface area contributed by atoms with E-state index in [1.165, 1.54) is 0 Å². The lowest BCUT2D eigenvalue weighted by molar-refractivity contribution is -0.115. The zero-order chi connectivity index (χ0) is 11.4. The molecular formula is C9H5ClF2N2O. The number of nitriles is 1. The molecule has 0 aliphatic heterocycles. The summed E-state index contributed by atoms with van der Waals surface area (Å²) in [6, 6.07) is 3.35. The molecule has 0 radical (unpaired) electrons. The van der Waals surface area contributed by atoms with Crippen molar-refractivity contribution in [3.05, 3.63) is 28.8 Å². The predicted octanol–water partition coefficient (Wildman–Crippen LogP) is 2.47. The molecule has 0 bridgehead atoms. The van der Waals surface area contributed by atoms with Crippen molar-refractivity contribution in [2.45, 2.75) is 6.42 Å². The van der Waals surface area contributed by atoms with Gasteiger partial charge in [0.15, 0.2) is 0 Å². The summed E-state index contributed by atoms with van der Waals surface area (Å²) in [5, 5.41) is 9.71. The Bertz CT molecular complexity index is 419. The van der Waals surface area contributed by atoms with Crippen molar-refractivity contribution < 1.29 is 13.6 Å². The van der Waals surface area contributed by atoms with Gasteiger partial charge in [0.2, 0.25) is 5.91 Å². The van der Waals surface area contributed by atoms with Gasteiger partial charge in [0.05, 0.1) is 6.07 Å². The number of nitrogens with one attached hydrogen (secondary N) is 1. The molecule has 0 unspecified atom stereocenters. The van der Waals surface area contributed by atoms with Gasteiger partial charge in [0.1, 0.15) is 23.1 Å². The van der Waals surface area contributed by atoms with E-state index in [9.17, 15) is 13.6 Å². The van der Waals surface area contributed by atoms with Crippen molar-refractivity contribution >= 4 is 23.2 Å². The summed E-state index contributed by atoms with van der Waals surface area (Å²) < 4.78 is 25.8. The summed E-state index contributed by atoms with van der Waals surface area (Å²) in [6.45, 7) is 0. The van der Waals surface area contributed by atoms with Crippen molar-refractivity contribution in [2.24, 2.45) is 0 Å². The Kier molecular flexibility index (Phi) is 3.58. The van der Waals surface area contributed by atoms with E-state index in [1.807, 2.05) is 0 Å². The fourth-order valence-electron chi connectivity index (χ4n) is 0.905. The largest absolute Gasteiger partial charge is 0.325 e. The fraction of sp³-hybridized carbons (Fsp3) is 0.111. The van der Waals surface area contributed by atoms with Gasteiger partial charge in [-0.15, -0.1) is 0 Å². The van der Waals surface area contributed by atoms with Crippen LogP contribution < -0.4 is 5.32 Å². The van der Waals surface area contributed by atoms with E-state index in [4.69, 9.17) is 16.9 Å². The van der Waals surface area contributed by atoms with Crippen LogP contribution in [0.4, 0.5) is 14.5 Å². The van der Waals surface area contributed by atoms with Gasteiger partial charge in [0, 0.05) is 5.69 Å². The quantitative estimate of drug-likeness (QED) is 0.794. The van der Waals surface area contributed by atoms with Crippen molar-refractivity contribution in [3.8, 4) is 6.07 Å². The van der Waals surface area contributed by atoms with Gasteiger partial charge in [-0.25, -0.2) is 8.78 Å². The molecule has 78 valence electrons. The lowest BCUT2D eigenvalue weighted by Crippen LogP contribution is -2.10. The molecule has 0 aliphatic rings. The third-order valence-corrected chi connectivity index (χ3v) is 1.87. The standard InChI is InChI=1S/C9H5ClF2N2O/c10-9-6(11)3-5(4-7(9)12)14-8(15)1-2-13/h3-4H,1H2,(H,14,15). The van der Waals surface area contributed by atoms with Crippen LogP contribution in [0.5, 0.6) is 0 Å². The van der Waals surface area contributed by atoms with Gasteiger partial charge in [-0.3, -0.25) is 4.79 Å². The number of halogens is 3. The Morgan fingerprint density at radius 3 is 2.47 bits per heavy atom. The Morgan fingerprint density at radius 1 is 1.47 bits per heavy atom. The number of carbonyl (C=O) groups excluding carboxylic acids is 1. The maximum Gasteiger partial charge on any atom is 0.238 e. The maximum absolute atomic E-state index is 12.9. The highest BCUT2D eigenvalue weighted by Gasteiger charge is 2.10. The van der Waals surface area contributed by atoms with Gasteiger partial charge in [0.25, 0.3) is 0 Å². The summed E-state index contributed by atoms with van der Waals surface area (Å²) in [6.07, 6.45) is -0.383. The van der Waals surface area contributed by atoms with Crippen LogP contribution in [0.25, 0.3) is 0 Å². The van der Waals surface area contributed by atoms with Crippen molar-refractivity contribution in [2.75, 3.05) is 5.32 Å². The van der Waals surface area contributed by atoms with E-state index in [0.29, 0.717) is 0 Å². The summed E-state index contributed by atoms with van der Waals surface area (Å²) in [4.78, 5) is 10.9. The van der Waals surface area contributed by atoms with Gasteiger partial charge in [-0.1, -0.05) is 11.6 Å². The molecule has 0 fully saturated rings. The smallest absolute Gasteiger partial charge is 0.238 e. The first-order chi connectivity index (χ1) is 7.04. The second-order valence-electron chi connectivity index (χ2n) is 2.64. The Morgan fingerprint density at radius 2 is 2.00 bits per heavy atom. The topological polar surface area (TPSA) is 52.9 Å². The SMILES string of the molecule is N#CCC(=O)Nc1cc(F)c(Cl)c(F)c1. The molecular weight excluding hydrogens is 226 g/mol. The number of hydrogen-bond donors (Lipinski definition) is 1. The maximum atomic E-state index is 12.9. The highest BCUT2D eigenvalue weighted by Crippen LogP contribution is 2.23. The molecule has 1 aromatic carbocycles. The minimum absolute atomic E-state index is 0.0744. The monoisotopic (exact) mass is 230 g/mol. The van der Waals surface area contributed by atoms with E-state index in [-0.39, 0.29) is 12.1 Å². The first-order valence-electron chi connectivity index (χ1n) is 3.86. The van der Waals surface area contributed by atoms with Crippen LogP contribution in [-0.4, -0.2) is 5.91 Å². The summed E-state index contributed by atoms with van der Waals surface area (Å²) in [5.41, 5.74) is -0.0744. The van der Waals surface area contributed by atoms with E-state index in [0.717, 1.165) is 12.1 Å². The van der Waals surface area contributed by atoms with Crippen LogP contribution in [0.1, 0.15) is 6.42 Å².